The number of aliphatic carboxylic acids is 1. The first kappa shape index (κ1) is 82.3. The molecule has 3 saturated heterocycles. The summed E-state index contributed by atoms with van der Waals surface area (Å²) in [6.45, 7) is 12.5. The minimum Gasteiger partial charge on any atom is -0.508 e. The van der Waals surface area contributed by atoms with Gasteiger partial charge in [-0.05, 0) is 160 Å². The van der Waals surface area contributed by atoms with E-state index in [1.165, 1.54) is 93.6 Å². The van der Waals surface area contributed by atoms with E-state index >= 15 is 24.0 Å². The molecule has 1 aliphatic carbocycles. The average Bonchev–Trinajstić information content (AvgIpc) is 1.54. The Bertz CT molecular complexity index is 4460. The average molecular weight is 1560 g/mol. The van der Waals surface area contributed by atoms with Crippen molar-refractivity contribution in [1.82, 2.24) is 26.6 Å². The van der Waals surface area contributed by atoms with Gasteiger partial charge in [0.15, 0.2) is 47.8 Å². The van der Waals surface area contributed by atoms with Gasteiger partial charge in [0.05, 0.1) is 42.9 Å². The number of Topliss-reactive ketones (excluding diaryl/α,β-unsaturated/α-hetero) is 2. The van der Waals surface area contributed by atoms with Gasteiger partial charge in [0.2, 0.25) is 47.4 Å². The molecule has 0 aromatic heterocycles. The summed E-state index contributed by atoms with van der Waals surface area (Å²) in [6, 6.07) is 9.54. The van der Waals surface area contributed by atoms with Gasteiger partial charge >= 0.3 is 5.97 Å². The Morgan fingerprint density at radius 1 is 0.723 bits per heavy atom. The summed E-state index contributed by atoms with van der Waals surface area (Å²) < 4.78 is 52.7. The number of aromatic hydroxyl groups is 1. The highest BCUT2D eigenvalue weighted by Gasteiger charge is 2.54. The van der Waals surface area contributed by atoms with Gasteiger partial charge in [0, 0.05) is 60.2 Å². The Morgan fingerprint density at radius 3 is 2.02 bits per heavy atom. The summed E-state index contributed by atoms with van der Waals surface area (Å²) in [6.07, 6.45) is -22.5. The van der Waals surface area contributed by atoms with Crippen molar-refractivity contribution in [2.24, 2.45) is 29.2 Å². The minimum atomic E-state index is -3.00. The van der Waals surface area contributed by atoms with Gasteiger partial charge in [0.1, 0.15) is 65.9 Å². The fraction of sp³-hybridized carbons (Fsp3) is 0.519. The van der Waals surface area contributed by atoms with Crippen LogP contribution in [0.3, 0.4) is 0 Å². The van der Waals surface area contributed by atoms with Crippen LogP contribution in [0.2, 0.25) is 0 Å². The molecule has 9 aliphatic rings. The smallest absolute Gasteiger partial charge is 0.330 e. The van der Waals surface area contributed by atoms with Gasteiger partial charge < -0.3 is 127 Å². The highest BCUT2D eigenvalue weighted by Crippen LogP contribution is 2.53. The van der Waals surface area contributed by atoms with Crippen LogP contribution >= 0.6 is 0 Å². The number of aliphatic hydroxyl groups is 8. The Kier molecular flexibility index (Phi) is 23.8. The number of hydrogen-bond acceptors (Lipinski definition) is 27. The number of nitrogens with one attached hydrogen (secondary N) is 5. The van der Waals surface area contributed by atoms with E-state index in [0.717, 1.165) is 12.1 Å². The molecule has 0 spiro atoms. The Balaban J connectivity index is 1.11. The van der Waals surface area contributed by atoms with E-state index < -0.39 is 240 Å². The molecule has 19 N–H and O–H groups in total. The number of ketones is 2. The van der Waals surface area contributed by atoms with Crippen LogP contribution in [-0.2, 0) is 67.8 Å². The summed E-state index contributed by atoms with van der Waals surface area (Å²) in [5.41, 5.74) is 8.38. The van der Waals surface area contributed by atoms with Crippen molar-refractivity contribution in [2.45, 2.75) is 227 Å². The molecule has 5 aromatic carbocycles. The van der Waals surface area contributed by atoms with Crippen molar-refractivity contribution in [3.8, 4) is 45.6 Å². The minimum absolute atomic E-state index is 0.00147. The molecule has 33 nitrogen and oxygen atoms in total. The Labute approximate surface area is 643 Å². The third-order valence-electron chi connectivity index (χ3n) is 22.5. The molecule has 14 rings (SSSR count). The number of carboxylic acids is 1. The van der Waals surface area contributed by atoms with E-state index in [-0.39, 0.29) is 80.3 Å². The van der Waals surface area contributed by atoms with E-state index in [0.29, 0.717) is 12.8 Å². The number of rotatable bonds is 16. The molecule has 5 unspecified atom stereocenters. The maximum absolute atomic E-state index is 16.6. The van der Waals surface area contributed by atoms with E-state index in [1.807, 2.05) is 13.8 Å². The van der Waals surface area contributed by atoms with Crippen LogP contribution in [0.25, 0.3) is 11.1 Å². The highest BCUT2D eigenvalue weighted by molar-refractivity contribution is 6.01. The molecular formula is C79H97N7O26. The molecule has 5 aromatic rings. The first-order valence-corrected chi connectivity index (χ1v) is 37.3. The largest absolute Gasteiger partial charge is 0.508 e. The molecule has 8 aliphatic heterocycles. The zero-order valence-corrected chi connectivity index (χ0v) is 63.0. The van der Waals surface area contributed by atoms with E-state index in [9.17, 15) is 65.4 Å². The molecule has 5 amide bonds. The number of aliphatic hydroxyl groups excluding tert-OH is 6. The third kappa shape index (κ3) is 16.4. The summed E-state index contributed by atoms with van der Waals surface area (Å²) >= 11 is 0. The molecule has 33 heteroatoms. The first-order chi connectivity index (χ1) is 52.8. The van der Waals surface area contributed by atoms with Crippen molar-refractivity contribution in [1.29, 1.82) is 0 Å². The lowest BCUT2D eigenvalue weighted by Gasteiger charge is -2.48. The van der Waals surface area contributed by atoms with Gasteiger partial charge in [0.25, 0.3) is 0 Å². The number of amides is 5. The zero-order valence-electron chi connectivity index (χ0n) is 63.0. The number of primary amides is 1. The van der Waals surface area contributed by atoms with Crippen molar-refractivity contribution in [2.75, 3.05) is 13.7 Å². The number of phenolic OH excluding ortho intramolecular Hbond substituents is 1. The summed E-state index contributed by atoms with van der Waals surface area (Å²) in [5, 5.41) is 130. The van der Waals surface area contributed by atoms with Crippen LogP contribution in [0.15, 0.2) is 84.9 Å². The number of phenols is 1. The van der Waals surface area contributed by atoms with Crippen LogP contribution in [0, 0.1) is 24.7 Å². The number of ether oxygens (including phenoxy) is 8. The third-order valence-corrected chi connectivity index (χ3v) is 22.5. The SMILES string of the molecule is CC[C@H](CC(C)C)C(=O)N[C@H]1C(=O)C[C@@H](CC(N)=O)C(=O)N[C@H]2C(=O)C[C@H]3C(=O)N[C@H](C(=O)N[C@H](C(=O)O)c4cc(O)cc5c4-c4cc3ccc4C5(O)O)[C@H](O[C@H]3CC(C)(N)[C@@H](O)[C@H](C)O3)c3ccc(c(C)c3)Oc3cc2cc(c3O[C@@H]2OC(CO)[C@@H](O)C(O)C2O[C@H]2CC(C)(NC)[C@@H](O)[C@H](C)O2)Oc2ccc(cc2)[C@H]1O. The van der Waals surface area contributed by atoms with Crippen LogP contribution in [-0.4, -0.2) is 203 Å². The second kappa shape index (κ2) is 32.4. The van der Waals surface area contributed by atoms with E-state index in [4.69, 9.17) is 49.4 Å². The van der Waals surface area contributed by atoms with Crippen LogP contribution in [0.1, 0.15) is 168 Å². The lowest BCUT2D eigenvalue weighted by atomic mass is 9.85. The van der Waals surface area contributed by atoms with E-state index in [1.54, 1.807) is 27.8 Å². The number of nitrogens with two attached hydrogens (primary N) is 2. The van der Waals surface area contributed by atoms with Crippen LogP contribution in [0.5, 0.6) is 34.5 Å². The summed E-state index contributed by atoms with van der Waals surface area (Å²) in [5.74, 6) is -18.8. The van der Waals surface area contributed by atoms with Crippen LogP contribution in [0.4, 0.5) is 0 Å². The normalized spacial score (nSPS) is 32.8. The number of aryl methyl sites for hydroxylation is 1. The lowest BCUT2D eigenvalue weighted by molar-refractivity contribution is -0.334. The topological polar surface area (TPSA) is 525 Å². The van der Waals surface area contributed by atoms with Gasteiger partial charge in [-0.1, -0.05) is 51.1 Å². The maximum atomic E-state index is 16.6. The lowest BCUT2D eigenvalue weighted by Crippen LogP contribution is -2.65. The molecular weight excluding hydrogens is 1460 g/mol. The highest BCUT2D eigenvalue weighted by atomic mass is 16.8. The molecule has 604 valence electrons. The molecule has 11 bridgehead atoms. The predicted molar refractivity (Wildman–Crippen MR) is 391 cm³/mol. The van der Waals surface area contributed by atoms with Gasteiger partial charge in [-0.2, -0.15) is 0 Å². The van der Waals surface area contributed by atoms with Crippen molar-refractivity contribution < 1.29 is 127 Å². The maximum Gasteiger partial charge on any atom is 0.330 e. The second-order valence-corrected chi connectivity index (χ2v) is 31.2. The molecule has 0 saturated carbocycles. The molecule has 22 atom stereocenters. The van der Waals surface area contributed by atoms with Gasteiger partial charge in [-0.15, -0.1) is 0 Å². The first-order valence-electron chi connectivity index (χ1n) is 37.3. The molecule has 0 radical (unpaired) electrons. The predicted octanol–water partition coefficient (Wildman–Crippen LogP) is 2.11. The Morgan fingerprint density at radius 2 is 1.38 bits per heavy atom. The standard InChI is InChI=1S/C79H97N7O26/c1-10-36(19-32(2)3)71(97)85-61-49(89)22-41(25-55(80)91)72(98)83-59-40-23-52(107-43-15-11-37(12-16-43)63(61)92)67(112-76-68(65(94)64(93)54(31-87)109-76)111-57-30-78(8,82-9)70(96)35(6)106-57)53(24-40)108-51-18-14-39(20-33(51)4)66(110-56-29-77(7,81)69(95)34(5)105-56)62-74(100)84-60(75(101)102)46-26-42(88)27-48-58(46)45-21-38(13-17-47(45)79(48,103)104)44(28-50(59)90)73(99)86-62/h11-18,20-21,23-24,26-27,32,34-36,41,44,54,56-57,59-66,68-70,76,82,87-88,92-96,103-104H,10,19,22,25,28-31,81H2,1-9H3,(H2,80,91)(H,83,98)(H,84,100)(H,85,97)(H,86,99)(H,101,102)/t34-,35-,36+,41-,44+,54?,56-,57-,59+,60-,61-,62-,63+,64+,65?,66+,68?,69-,70-,76-,77?,78?/m0/s1. The number of benzene rings is 5. The monoisotopic (exact) mass is 1560 g/mol. The van der Waals surface area contributed by atoms with Crippen molar-refractivity contribution in [3.05, 3.63) is 129 Å². The zero-order chi connectivity index (χ0) is 81.2. The van der Waals surface area contributed by atoms with Gasteiger partial charge in [-0.3, -0.25) is 33.6 Å². The van der Waals surface area contributed by atoms with Gasteiger partial charge in [-0.25, -0.2) is 4.79 Å². The van der Waals surface area contributed by atoms with Crippen molar-refractivity contribution in [3.63, 3.8) is 0 Å². The number of likely N-dealkylation sites (N-methyl/N-ethyl adjacent to an activating group) is 1. The fourth-order valence-electron chi connectivity index (χ4n) is 16.1. The Hall–Kier alpha value is -9.14. The van der Waals surface area contributed by atoms with Crippen LogP contribution < -0.4 is 52.3 Å². The number of hydrogen-bond donors (Lipinski definition) is 17. The number of carbonyl (C=O) groups excluding carboxylic acids is 7. The summed E-state index contributed by atoms with van der Waals surface area (Å²) in [4.78, 5) is 121. The van der Waals surface area contributed by atoms with Crippen molar-refractivity contribution >= 4 is 47.1 Å². The summed E-state index contributed by atoms with van der Waals surface area (Å²) in [7, 11) is 1.61. The fourth-order valence-corrected chi connectivity index (χ4v) is 16.1. The molecule has 3 fully saturated rings. The number of carboxylic acid groups (broad SMARTS) is 1. The quantitative estimate of drug-likeness (QED) is 0.0629. The molecule has 112 heavy (non-hydrogen) atoms. The number of carbonyl (C=O) groups is 8. The number of fused-ring (bicyclic) bond motifs is 12. The van der Waals surface area contributed by atoms with E-state index in [2.05, 4.69) is 26.6 Å². The molecule has 8 heterocycles. The second-order valence-electron chi connectivity index (χ2n) is 31.2.